The molecule has 7 heteroatoms. The third-order valence-electron chi connectivity index (χ3n) is 3.72. The van der Waals surface area contributed by atoms with Gasteiger partial charge in [-0.25, -0.2) is 4.68 Å². The maximum absolute atomic E-state index is 11.4. The largest absolute Gasteiger partial charge is 0.481 e. The number of carbonyl (C=O) groups is 1. The molecule has 2 atom stereocenters. The van der Waals surface area contributed by atoms with Crippen LogP contribution in [-0.4, -0.2) is 37.0 Å². The lowest BCUT2D eigenvalue weighted by atomic mass is 9.97. The molecule has 2 rings (SSSR count). The summed E-state index contributed by atoms with van der Waals surface area (Å²) >= 11 is 1.86. The van der Waals surface area contributed by atoms with Gasteiger partial charge in [-0.1, -0.05) is 13.8 Å². The predicted octanol–water partition coefficient (Wildman–Crippen LogP) is 2.16. The number of aliphatic carboxylic acids is 1. The first-order valence-electron chi connectivity index (χ1n) is 7.06. The highest BCUT2D eigenvalue weighted by Crippen LogP contribution is 2.45. The van der Waals surface area contributed by atoms with Crippen molar-refractivity contribution in [2.45, 2.75) is 51.3 Å². The van der Waals surface area contributed by atoms with Crippen LogP contribution in [0.3, 0.4) is 0 Å². The second kappa shape index (κ2) is 6.11. The fraction of sp³-hybridized carbons (Fsp3) is 0.846. The molecule has 20 heavy (non-hydrogen) atoms. The Morgan fingerprint density at radius 3 is 2.85 bits per heavy atom. The van der Waals surface area contributed by atoms with Gasteiger partial charge in [-0.3, -0.25) is 4.79 Å². The molecule has 1 aromatic heterocycles. The molecule has 0 spiro atoms. The normalized spacial score (nSPS) is 24.2. The zero-order chi connectivity index (χ0) is 14.8. The van der Waals surface area contributed by atoms with E-state index in [-0.39, 0.29) is 4.75 Å². The van der Waals surface area contributed by atoms with Crippen LogP contribution in [0.1, 0.15) is 45.9 Å². The Labute approximate surface area is 123 Å². The molecule has 0 amide bonds. The summed E-state index contributed by atoms with van der Waals surface area (Å²) in [5, 5.41) is 21.3. The topological polar surface area (TPSA) is 80.9 Å². The van der Waals surface area contributed by atoms with E-state index in [1.54, 1.807) is 4.68 Å². The maximum atomic E-state index is 11.4. The molecule has 112 valence electrons. The van der Waals surface area contributed by atoms with Crippen molar-refractivity contribution in [1.29, 1.82) is 0 Å². The van der Waals surface area contributed by atoms with Gasteiger partial charge in [-0.15, -0.1) is 16.9 Å². The van der Waals surface area contributed by atoms with E-state index in [4.69, 9.17) is 0 Å². The molecule has 0 aliphatic carbocycles. The number of tetrazole rings is 1. The van der Waals surface area contributed by atoms with Gasteiger partial charge in [0.2, 0.25) is 0 Å². The van der Waals surface area contributed by atoms with Crippen LogP contribution in [-0.2, 0) is 16.1 Å². The van der Waals surface area contributed by atoms with Gasteiger partial charge in [0.1, 0.15) is 0 Å². The summed E-state index contributed by atoms with van der Waals surface area (Å²) in [5.74, 6) is 1.05. The Hall–Kier alpha value is -1.11. The molecule has 1 aromatic rings. The van der Waals surface area contributed by atoms with Crippen LogP contribution in [0, 0.1) is 11.8 Å². The molecule has 0 bridgehead atoms. The summed E-state index contributed by atoms with van der Waals surface area (Å²) in [5.41, 5.74) is 0. The maximum Gasteiger partial charge on any atom is 0.308 e. The van der Waals surface area contributed by atoms with Crippen LogP contribution in [0.4, 0.5) is 0 Å². The second-order valence-electron chi connectivity index (χ2n) is 6.03. The average Bonchev–Trinajstić information content (AvgIpc) is 2.97. The summed E-state index contributed by atoms with van der Waals surface area (Å²) in [7, 11) is 0. The standard InChI is InChI=1S/C13H22N4O2S/c1-9(2)7-10(11(18)19)8-17-12(14-15-16-17)13(3)5-4-6-20-13/h9-10H,4-8H2,1-3H3,(H,18,19). The zero-order valence-electron chi connectivity index (χ0n) is 12.2. The van der Waals surface area contributed by atoms with Gasteiger partial charge in [-0.2, -0.15) is 0 Å². The molecule has 1 saturated heterocycles. The third kappa shape index (κ3) is 3.31. The SMILES string of the molecule is CC(C)CC(Cn1nnnc1C1(C)CCCS1)C(=O)O. The summed E-state index contributed by atoms with van der Waals surface area (Å²) < 4.78 is 1.61. The van der Waals surface area contributed by atoms with Crippen molar-refractivity contribution in [1.82, 2.24) is 20.2 Å². The van der Waals surface area contributed by atoms with Gasteiger partial charge < -0.3 is 5.11 Å². The number of carboxylic acid groups (broad SMARTS) is 1. The molecular weight excluding hydrogens is 276 g/mol. The van der Waals surface area contributed by atoms with Crippen molar-refractivity contribution in [3.63, 3.8) is 0 Å². The first-order chi connectivity index (χ1) is 9.42. The molecule has 2 unspecified atom stereocenters. The predicted molar refractivity (Wildman–Crippen MR) is 77.4 cm³/mol. The molecule has 0 radical (unpaired) electrons. The Bertz CT molecular complexity index is 469. The Morgan fingerprint density at radius 2 is 2.30 bits per heavy atom. The number of nitrogens with zero attached hydrogens (tertiary/aromatic N) is 4. The Morgan fingerprint density at radius 1 is 1.55 bits per heavy atom. The number of aromatic nitrogens is 4. The van der Waals surface area contributed by atoms with Crippen LogP contribution >= 0.6 is 11.8 Å². The van der Waals surface area contributed by atoms with Crippen LogP contribution < -0.4 is 0 Å². The van der Waals surface area contributed by atoms with Crippen molar-refractivity contribution in [3.05, 3.63) is 5.82 Å². The minimum absolute atomic E-state index is 0.0790. The molecule has 6 nitrogen and oxygen atoms in total. The smallest absolute Gasteiger partial charge is 0.308 e. The fourth-order valence-electron chi connectivity index (χ4n) is 2.69. The zero-order valence-corrected chi connectivity index (χ0v) is 13.1. The quantitative estimate of drug-likeness (QED) is 0.867. The molecule has 0 saturated carbocycles. The monoisotopic (exact) mass is 298 g/mol. The molecular formula is C13H22N4O2S. The van der Waals surface area contributed by atoms with E-state index in [9.17, 15) is 9.90 Å². The van der Waals surface area contributed by atoms with Crippen molar-refractivity contribution < 1.29 is 9.90 Å². The van der Waals surface area contributed by atoms with Gasteiger partial charge in [0.05, 0.1) is 17.2 Å². The lowest BCUT2D eigenvalue weighted by Crippen LogP contribution is -2.27. The Kier molecular flexibility index (Phi) is 4.67. The van der Waals surface area contributed by atoms with E-state index in [1.165, 1.54) is 0 Å². The highest BCUT2D eigenvalue weighted by atomic mass is 32.2. The first kappa shape index (κ1) is 15.3. The summed E-state index contributed by atoms with van der Waals surface area (Å²) in [4.78, 5) is 11.4. The van der Waals surface area contributed by atoms with Gasteiger partial charge in [0.15, 0.2) is 5.82 Å². The molecule has 1 aliphatic rings. The van der Waals surface area contributed by atoms with Crippen molar-refractivity contribution in [3.8, 4) is 0 Å². The number of hydrogen-bond acceptors (Lipinski definition) is 5. The third-order valence-corrected chi connectivity index (χ3v) is 5.24. The minimum atomic E-state index is -0.774. The van der Waals surface area contributed by atoms with Gasteiger partial charge >= 0.3 is 5.97 Å². The fourth-order valence-corrected chi connectivity index (χ4v) is 4.00. The Balaban J connectivity index is 2.17. The lowest BCUT2D eigenvalue weighted by molar-refractivity contribution is -0.142. The van der Waals surface area contributed by atoms with E-state index in [0.717, 1.165) is 24.4 Å². The van der Waals surface area contributed by atoms with Crippen molar-refractivity contribution >= 4 is 17.7 Å². The van der Waals surface area contributed by atoms with E-state index in [2.05, 4.69) is 22.4 Å². The number of hydrogen-bond donors (Lipinski definition) is 1. The molecule has 0 aromatic carbocycles. The summed E-state index contributed by atoms with van der Waals surface area (Å²) in [6, 6.07) is 0. The number of carboxylic acids is 1. The van der Waals surface area contributed by atoms with Crippen molar-refractivity contribution in [2.24, 2.45) is 11.8 Å². The number of thioether (sulfide) groups is 1. The van der Waals surface area contributed by atoms with E-state index in [1.807, 2.05) is 25.6 Å². The minimum Gasteiger partial charge on any atom is -0.481 e. The van der Waals surface area contributed by atoms with Crippen LogP contribution in [0.5, 0.6) is 0 Å². The highest BCUT2D eigenvalue weighted by molar-refractivity contribution is 8.00. The van der Waals surface area contributed by atoms with Gasteiger partial charge in [-0.05, 0) is 48.3 Å². The van der Waals surface area contributed by atoms with Crippen molar-refractivity contribution in [2.75, 3.05) is 5.75 Å². The second-order valence-corrected chi connectivity index (χ2v) is 7.63. The molecule has 1 N–H and O–H groups in total. The van der Waals surface area contributed by atoms with E-state index >= 15 is 0 Å². The van der Waals surface area contributed by atoms with Gasteiger partial charge in [0.25, 0.3) is 0 Å². The lowest BCUT2D eigenvalue weighted by Gasteiger charge is -2.22. The summed E-state index contributed by atoms with van der Waals surface area (Å²) in [6.45, 7) is 6.56. The highest BCUT2D eigenvalue weighted by Gasteiger charge is 2.37. The first-order valence-corrected chi connectivity index (χ1v) is 8.04. The molecule has 2 heterocycles. The summed E-state index contributed by atoms with van der Waals surface area (Å²) in [6.07, 6.45) is 2.83. The van der Waals surface area contributed by atoms with E-state index < -0.39 is 11.9 Å². The van der Waals surface area contributed by atoms with Crippen LogP contribution in [0.2, 0.25) is 0 Å². The number of rotatable bonds is 6. The van der Waals surface area contributed by atoms with Gasteiger partial charge in [0, 0.05) is 0 Å². The molecule has 1 fully saturated rings. The molecule has 1 aliphatic heterocycles. The average molecular weight is 298 g/mol. The van der Waals surface area contributed by atoms with E-state index in [0.29, 0.717) is 18.9 Å². The van der Waals surface area contributed by atoms with Crippen LogP contribution in [0.15, 0.2) is 0 Å². The van der Waals surface area contributed by atoms with Crippen LogP contribution in [0.25, 0.3) is 0 Å².